The number of nitrogens with zero attached hydrogens (tertiary/aromatic N) is 1. The number of fused-ring (bicyclic) bond motifs is 1. The molecule has 7 nitrogen and oxygen atoms in total. The first-order valence-corrected chi connectivity index (χ1v) is 12.7. The Hall–Kier alpha value is -4.31. The number of hydrogen-bond donors (Lipinski definition) is 3. The maximum Gasteiger partial charge on any atom is 0.416 e. The molecule has 0 atom stereocenters. The maximum absolute atomic E-state index is 13.0. The fourth-order valence-corrected chi connectivity index (χ4v) is 4.21. The molecule has 4 aromatic rings. The molecule has 3 amide bonds. The number of aryl methyl sites for hydroxylation is 1. The van der Waals surface area contributed by atoms with Gasteiger partial charge in [-0.25, -0.2) is 0 Å². The van der Waals surface area contributed by atoms with Crippen molar-refractivity contribution in [1.82, 2.24) is 9.88 Å². The Morgan fingerprint density at radius 3 is 2.17 bits per heavy atom. The van der Waals surface area contributed by atoms with E-state index < -0.39 is 23.6 Å². The largest absolute Gasteiger partial charge is 0.416 e. The molecule has 0 saturated heterocycles. The van der Waals surface area contributed by atoms with E-state index in [0.29, 0.717) is 16.8 Å². The Labute approximate surface area is 233 Å². The summed E-state index contributed by atoms with van der Waals surface area (Å²) < 4.78 is 40.0. The van der Waals surface area contributed by atoms with Crippen molar-refractivity contribution in [3.63, 3.8) is 0 Å². The molecule has 208 valence electrons. The summed E-state index contributed by atoms with van der Waals surface area (Å²) in [4.78, 5) is 37.8. The van der Waals surface area contributed by atoms with Gasteiger partial charge in [0.25, 0.3) is 11.8 Å². The van der Waals surface area contributed by atoms with Crippen LogP contribution in [0.4, 0.5) is 24.5 Å². The van der Waals surface area contributed by atoms with E-state index in [4.69, 9.17) is 11.6 Å². The van der Waals surface area contributed by atoms with Crippen molar-refractivity contribution < 1.29 is 27.6 Å². The van der Waals surface area contributed by atoms with Gasteiger partial charge in [0.15, 0.2) is 0 Å². The summed E-state index contributed by atoms with van der Waals surface area (Å²) in [5.74, 6) is -1.23. The lowest BCUT2D eigenvalue weighted by Crippen LogP contribution is -2.27. The average Bonchev–Trinajstić information content (AvgIpc) is 3.23. The van der Waals surface area contributed by atoms with Crippen LogP contribution in [0.1, 0.15) is 45.8 Å². The minimum atomic E-state index is -4.47. The van der Waals surface area contributed by atoms with E-state index in [2.05, 4.69) is 16.0 Å². The predicted octanol–water partition coefficient (Wildman–Crippen LogP) is 6.63. The normalized spacial score (nSPS) is 11.5. The number of amides is 3. The van der Waals surface area contributed by atoms with E-state index in [-0.39, 0.29) is 40.3 Å². The van der Waals surface area contributed by atoms with Gasteiger partial charge in [0.2, 0.25) is 5.91 Å². The molecule has 0 fully saturated rings. The fraction of sp³-hybridized carbons (Fsp3) is 0.207. The molecule has 1 aromatic heterocycles. The number of anilines is 2. The van der Waals surface area contributed by atoms with Crippen LogP contribution in [0.25, 0.3) is 10.9 Å². The lowest BCUT2D eigenvalue weighted by Gasteiger charge is -2.11. The van der Waals surface area contributed by atoms with Crippen LogP contribution in [0.3, 0.4) is 0 Å². The second kappa shape index (κ2) is 11.4. The van der Waals surface area contributed by atoms with Crippen molar-refractivity contribution in [2.45, 2.75) is 26.6 Å². The van der Waals surface area contributed by atoms with Crippen LogP contribution in [-0.4, -0.2) is 22.3 Å². The van der Waals surface area contributed by atoms with E-state index in [1.165, 1.54) is 12.1 Å². The van der Waals surface area contributed by atoms with Gasteiger partial charge in [0.1, 0.15) is 5.69 Å². The van der Waals surface area contributed by atoms with Gasteiger partial charge < -0.3 is 20.5 Å². The summed E-state index contributed by atoms with van der Waals surface area (Å²) in [6.07, 6.45) is -4.47. The molecule has 1 heterocycles. The molecule has 40 heavy (non-hydrogen) atoms. The molecule has 0 aliphatic carbocycles. The summed E-state index contributed by atoms with van der Waals surface area (Å²) in [6, 6.07) is 15.9. The summed E-state index contributed by atoms with van der Waals surface area (Å²) in [6.45, 7) is 3.82. The molecule has 0 saturated carbocycles. The Kier molecular flexibility index (Phi) is 8.20. The molecular formula is C29H26ClF3N4O3. The highest BCUT2D eigenvalue weighted by molar-refractivity contribution is 6.34. The third kappa shape index (κ3) is 6.45. The van der Waals surface area contributed by atoms with Crippen molar-refractivity contribution in [3.8, 4) is 0 Å². The van der Waals surface area contributed by atoms with Gasteiger partial charge in [-0.05, 0) is 60.2 Å². The second-order valence-electron chi connectivity index (χ2n) is 9.53. The van der Waals surface area contributed by atoms with Gasteiger partial charge >= 0.3 is 6.18 Å². The fourth-order valence-electron chi connectivity index (χ4n) is 4.01. The molecule has 4 rings (SSSR count). The highest BCUT2D eigenvalue weighted by Crippen LogP contribution is 2.30. The Morgan fingerprint density at radius 1 is 0.875 bits per heavy atom. The molecule has 0 unspecified atom stereocenters. The van der Waals surface area contributed by atoms with Crippen molar-refractivity contribution >= 4 is 51.6 Å². The van der Waals surface area contributed by atoms with E-state index in [1.807, 2.05) is 0 Å². The molecular weight excluding hydrogens is 545 g/mol. The molecule has 0 bridgehead atoms. The van der Waals surface area contributed by atoms with Gasteiger partial charge in [-0.1, -0.05) is 37.6 Å². The smallest absolute Gasteiger partial charge is 0.352 e. The zero-order valence-electron chi connectivity index (χ0n) is 21.8. The van der Waals surface area contributed by atoms with Crippen LogP contribution < -0.4 is 16.0 Å². The topological polar surface area (TPSA) is 92.2 Å². The number of hydrogen-bond acceptors (Lipinski definition) is 3. The van der Waals surface area contributed by atoms with Crippen molar-refractivity contribution in [2.24, 2.45) is 13.0 Å². The first kappa shape index (κ1) is 28.7. The van der Waals surface area contributed by atoms with Crippen LogP contribution in [-0.2, 0) is 24.6 Å². The Bertz CT molecular complexity index is 1590. The number of alkyl halides is 3. The molecule has 0 spiro atoms. The summed E-state index contributed by atoms with van der Waals surface area (Å²) in [7, 11) is 1.67. The summed E-state index contributed by atoms with van der Waals surface area (Å²) in [5.41, 5.74) is 1.74. The van der Waals surface area contributed by atoms with Gasteiger partial charge in [-0.15, -0.1) is 0 Å². The van der Waals surface area contributed by atoms with E-state index in [1.54, 1.807) is 67.9 Å². The van der Waals surface area contributed by atoms with Crippen LogP contribution in [0.15, 0.2) is 66.7 Å². The number of carbonyl (C=O) groups excluding carboxylic acids is 3. The lowest BCUT2D eigenvalue weighted by molar-refractivity contribution is -0.137. The quantitative estimate of drug-likeness (QED) is 0.233. The first-order chi connectivity index (χ1) is 18.8. The maximum atomic E-state index is 13.0. The van der Waals surface area contributed by atoms with Gasteiger partial charge in [0, 0.05) is 36.3 Å². The van der Waals surface area contributed by atoms with Crippen molar-refractivity contribution in [1.29, 1.82) is 0 Å². The van der Waals surface area contributed by atoms with Crippen molar-refractivity contribution in [2.75, 3.05) is 10.6 Å². The molecule has 0 radical (unpaired) electrons. The van der Waals surface area contributed by atoms with E-state index in [9.17, 15) is 27.6 Å². The minimum absolute atomic E-state index is 0.107. The highest BCUT2D eigenvalue weighted by atomic mass is 35.5. The molecule has 0 aliphatic rings. The number of rotatable bonds is 7. The lowest BCUT2D eigenvalue weighted by atomic mass is 10.1. The highest BCUT2D eigenvalue weighted by Gasteiger charge is 2.30. The standard InChI is InChI=1S/C29H26ClF3N4O3/c1-16(2)26(38)34-15-17-4-11-23(30)22(12-17)27(39)36-21-8-5-18-13-25(37(3)24(18)14-21)28(40)35-20-9-6-19(7-10-20)29(31,32)33/h4-14,16H,15H2,1-3H3,(H,34,38)(H,35,40)(H,36,39). The molecule has 3 aromatic carbocycles. The zero-order chi connectivity index (χ0) is 29.2. The summed E-state index contributed by atoms with van der Waals surface area (Å²) in [5, 5.41) is 9.18. The van der Waals surface area contributed by atoms with Crippen LogP contribution in [0.2, 0.25) is 5.02 Å². The molecule has 0 aliphatic heterocycles. The van der Waals surface area contributed by atoms with Crippen LogP contribution in [0, 0.1) is 5.92 Å². The van der Waals surface area contributed by atoms with E-state index in [0.717, 1.165) is 17.5 Å². The minimum Gasteiger partial charge on any atom is -0.352 e. The number of aromatic nitrogens is 1. The molecule has 3 N–H and O–H groups in total. The van der Waals surface area contributed by atoms with Crippen molar-refractivity contribution in [3.05, 3.63) is 94.1 Å². The second-order valence-corrected chi connectivity index (χ2v) is 9.94. The number of halogens is 4. The van der Waals surface area contributed by atoms with Gasteiger partial charge in [-0.3, -0.25) is 14.4 Å². The van der Waals surface area contributed by atoms with E-state index >= 15 is 0 Å². The number of nitrogens with one attached hydrogen (secondary N) is 3. The average molecular weight is 571 g/mol. The Balaban J connectivity index is 1.50. The van der Waals surface area contributed by atoms with Gasteiger partial charge in [-0.2, -0.15) is 13.2 Å². The summed E-state index contributed by atoms with van der Waals surface area (Å²) >= 11 is 6.27. The SMILES string of the molecule is CC(C)C(=O)NCc1ccc(Cl)c(C(=O)Nc2ccc3cc(C(=O)Nc4ccc(C(F)(F)F)cc4)n(C)c3c2)c1. The number of carbonyl (C=O) groups is 3. The Morgan fingerprint density at radius 2 is 1.52 bits per heavy atom. The number of benzene rings is 3. The first-order valence-electron chi connectivity index (χ1n) is 12.3. The predicted molar refractivity (Wildman–Crippen MR) is 148 cm³/mol. The third-order valence-corrected chi connectivity index (χ3v) is 6.60. The van der Waals surface area contributed by atoms with Gasteiger partial charge in [0.05, 0.1) is 21.7 Å². The zero-order valence-corrected chi connectivity index (χ0v) is 22.6. The molecule has 11 heteroatoms. The third-order valence-electron chi connectivity index (χ3n) is 6.27. The van der Waals surface area contributed by atoms with Crippen LogP contribution in [0.5, 0.6) is 0 Å². The van der Waals surface area contributed by atoms with Crippen LogP contribution >= 0.6 is 11.6 Å². The monoisotopic (exact) mass is 570 g/mol.